The molecule has 0 aliphatic heterocycles. The lowest BCUT2D eigenvalue weighted by atomic mass is 10.2. The zero-order chi connectivity index (χ0) is 21.0. The number of hydrogen-bond donors (Lipinski definition) is 2. The van der Waals surface area contributed by atoms with Crippen molar-refractivity contribution < 1.29 is 17.6 Å². The number of carbonyl (C=O) groups is 1. The van der Waals surface area contributed by atoms with Gasteiger partial charge in [-0.05, 0) is 85.5 Å². The standard InChI is InChI=1S/C21H19FN2O3S2/c1-14-13-19(11-12-20(14)22)29(26,27)24-17-5-3-15(4-6-17)21(25)23-16-7-9-18(28-2)10-8-16/h3-13,24H,1-2H3,(H,23,25). The Morgan fingerprint density at radius 2 is 1.55 bits per heavy atom. The molecule has 2 N–H and O–H groups in total. The second kappa shape index (κ2) is 8.67. The first-order valence-electron chi connectivity index (χ1n) is 8.63. The van der Waals surface area contributed by atoms with Gasteiger partial charge in [0.2, 0.25) is 0 Å². The average molecular weight is 431 g/mol. The summed E-state index contributed by atoms with van der Waals surface area (Å²) < 4.78 is 40.7. The maximum absolute atomic E-state index is 13.4. The largest absolute Gasteiger partial charge is 0.322 e. The van der Waals surface area contributed by atoms with E-state index in [2.05, 4.69) is 10.0 Å². The summed E-state index contributed by atoms with van der Waals surface area (Å²) in [6, 6.07) is 17.1. The van der Waals surface area contributed by atoms with Gasteiger partial charge in [-0.25, -0.2) is 12.8 Å². The fourth-order valence-electron chi connectivity index (χ4n) is 2.57. The van der Waals surface area contributed by atoms with Crippen LogP contribution in [-0.4, -0.2) is 20.6 Å². The second-order valence-corrected chi connectivity index (χ2v) is 8.84. The molecule has 5 nitrogen and oxygen atoms in total. The predicted octanol–water partition coefficient (Wildman–Crippen LogP) is 4.91. The minimum Gasteiger partial charge on any atom is -0.322 e. The van der Waals surface area contributed by atoms with Crippen LogP contribution in [0.3, 0.4) is 0 Å². The Kier molecular flexibility index (Phi) is 6.24. The van der Waals surface area contributed by atoms with Crippen molar-refractivity contribution in [1.29, 1.82) is 0 Å². The van der Waals surface area contributed by atoms with Crippen LogP contribution in [0.25, 0.3) is 0 Å². The highest BCUT2D eigenvalue weighted by molar-refractivity contribution is 7.98. The summed E-state index contributed by atoms with van der Waals surface area (Å²) in [6.45, 7) is 1.50. The van der Waals surface area contributed by atoms with E-state index in [0.29, 0.717) is 16.9 Å². The van der Waals surface area contributed by atoms with Gasteiger partial charge < -0.3 is 5.32 Å². The average Bonchev–Trinajstić information content (AvgIpc) is 2.70. The molecular formula is C21H19FN2O3S2. The van der Waals surface area contributed by atoms with Crippen LogP contribution in [0, 0.1) is 12.7 Å². The summed E-state index contributed by atoms with van der Waals surface area (Å²) in [5.74, 6) is -0.770. The Bertz CT molecular complexity index is 1130. The van der Waals surface area contributed by atoms with Crippen molar-refractivity contribution in [3.8, 4) is 0 Å². The van der Waals surface area contributed by atoms with Gasteiger partial charge in [-0.15, -0.1) is 11.8 Å². The normalized spacial score (nSPS) is 11.1. The number of rotatable bonds is 6. The van der Waals surface area contributed by atoms with Gasteiger partial charge in [-0.1, -0.05) is 0 Å². The van der Waals surface area contributed by atoms with Crippen LogP contribution >= 0.6 is 11.8 Å². The third-order valence-electron chi connectivity index (χ3n) is 4.19. The first-order chi connectivity index (χ1) is 13.8. The van der Waals surface area contributed by atoms with Crippen molar-refractivity contribution in [2.75, 3.05) is 16.3 Å². The summed E-state index contributed by atoms with van der Waals surface area (Å²) in [6.07, 6.45) is 1.97. The number of sulfonamides is 1. The van der Waals surface area contributed by atoms with Crippen molar-refractivity contribution >= 4 is 39.1 Å². The molecule has 3 rings (SSSR count). The number of thioether (sulfide) groups is 1. The smallest absolute Gasteiger partial charge is 0.261 e. The molecule has 0 saturated heterocycles. The van der Waals surface area contributed by atoms with E-state index in [1.54, 1.807) is 11.8 Å². The lowest BCUT2D eigenvalue weighted by Crippen LogP contribution is -2.14. The SMILES string of the molecule is CSc1ccc(NC(=O)c2ccc(NS(=O)(=O)c3ccc(F)c(C)c3)cc2)cc1. The summed E-state index contributed by atoms with van der Waals surface area (Å²) in [4.78, 5) is 13.4. The number of hydrogen-bond acceptors (Lipinski definition) is 4. The van der Waals surface area contributed by atoms with Gasteiger partial charge in [0.05, 0.1) is 4.90 Å². The topological polar surface area (TPSA) is 75.3 Å². The van der Waals surface area contributed by atoms with Crippen molar-refractivity contribution in [3.63, 3.8) is 0 Å². The molecule has 0 bridgehead atoms. The Hall–Kier alpha value is -2.84. The fraction of sp³-hybridized carbons (Fsp3) is 0.0952. The van der Waals surface area contributed by atoms with Gasteiger partial charge in [-0.2, -0.15) is 0 Å². The molecule has 0 spiro atoms. The molecule has 1 amide bonds. The summed E-state index contributed by atoms with van der Waals surface area (Å²) in [5, 5.41) is 2.79. The molecule has 0 saturated carbocycles. The lowest BCUT2D eigenvalue weighted by Gasteiger charge is -2.10. The molecule has 0 heterocycles. The van der Waals surface area contributed by atoms with Crippen molar-refractivity contribution in [2.45, 2.75) is 16.7 Å². The van der Waals surface area contributed by atoms with Gasteiger partial charge in [-0.3, -0.25) is 9.52 Å². The quantitative estimate of drug-likeness (QED) is 0.545. The molecule has 0 aliphatic rings. The van der Waals surface area contributed by atoms with Crippen LogP contribution in [0.2, 0.25) is 0 Å². The van der Waals surface area contributed by atoms with Crippen molar-refractivity contribution in [3.05, 3.63) is 83.7 Å². The van der Waals surface area contributed by atoms with Crippen LogP contribution in [0.1, 0.15) is 15.9 Å². The zero-order valence-electron chi connectivity index (χ0n) is 15.8. The van der Waals surface area contributed by atoms with Gasteiger partial charge in [0.1, 0.15) is 5.82 Å². The first kappa shape index (κ1) is 20.9. The van der Waals surface area contributed by atoms with E-state index in [4.69, 9.17) is 0 Å². The molecule has 0 radical (unpaired) electrons. The highest BCUT2D eigenvalue weighted by Gasteiger charge is 2.16. The van der Waals surface area contributed by atoms with Crippen LogP contribution in [0.5, 0.6) is 0 Å². The molecule has 29 heavy (non-hydrogen) atoms. The molecule has 0 atom stereocenters. The molecule has 3 aromatic rings. The highest BCUT2D eigenvalue weighted by Crippen LogP contribution is 2.20. The maximum atomic E-state index is 13.4. The van der Waals surface area contributed by atoms with Crippen molar-refractivity contribution in [2.24, 2.45) is 0 Å². The number of carbonyl (C=O) groups excluding carboxylic acids is 1. The van der Waals surface area contributed by atoms with E-state index in [-0.39, 0.29) is 16.4 Å². The van der Waals surface area contributed by atoms with Crippen LogP contribution in [0.15, 0.2) is 76.5 Å². The third kappa shape index (κ3) is 5.16. The van der Waals surface area contributed by atoms with Crippen LogP contribution < -0.4 is 10.0 Å². The van der Waals surface area contributed by atoms with E-state index >= 15 is 0 Å². The van der Waals surface area contributed by atoms with E-state index in [1.165, 1.54) is 43.3 Å². The zero-order valence-corrected chi connectivity index (χ0v) is 17.4. The van der Waals surface area contributed by atoms with E-state index in [9.17, 15) is 17.6 Å². The molecule has 0 aliphatic carbocycles. The fourth-order valence-corrected chi connectivity index (χ4v) is 4.12. The first-order valence-corrected chi connectivity index (χ1v) is 11.3. The number of anilines is 2. The number of amides is 1. The number of aryl methyl sites for hydroxylation is 1. The highest BCUT2D eigenvalue weighted by atomic mass is 32.2. The van der Waals surface area contributed by atoms with Crippen molar-refractivity contribution in [1.82, 2.24) is 0 Å². The van der Waals surface area contributed by atoms with Gasteiger partial charge >= 0.3 is 0 Å². The molecule has 150 valence electrons. The van der Waals surface area contributed by atoms with Gasteiger partial charge in [0.25, 0.3) is 15.9 Å². The maximum Gasteiger partial charge on any atom is 0.261 e. The third-order valence-corrected chi connectivity index (χ3v) is 6.31. The number of halogens is 1. The second-order valence-electron chi connectivity index (χ2n) is 6.28. The monoisotopic (exact) mass is 430 g/mol. The number of nitrogens with one attached hydrogen (secondary N) is 2. The van der Waals surface area contributed by atoms with Crippen LogP contribution in [0.4, 0.5) is 15.8 Å². The van der Waals surface area contributed by atoms with E-state index < -0.39 is 15.8 Å². The van der Waals surface area contributed by atoms with E-state index in [0.717, 1.165) is 11.0 Å². The minimum atomic E-state index is -3.86. The molecule has 0 unspecified atom stereocenters. The summed E-state index contributed by atoms with van der Waals surface area (Å²) in [5.41, 5.74) is 1.60. The molecular weight excluding hydrogens is 411 g/mol. The Morgan fingerprint density at radius 1 is 0.931 bits per heavy atom. The molecule has 0 fully saturated rings. The Morgan fingerprint density at radius 3 is 2.14 bits per heavy atom. The van der Waals surface area contributed by atoms with Crippen LogP contribution in [-0.2, 0) is 10.0 Å². The lowest BCUT2D eigenvalue weighted by molar-refractivity contribution is 0.102. The Labute approximate surface area is 173 Å². The minimum absolute atomic E-state index is 0.0353. The van der Waals surface area contributed by atoms with Gasteiger partial charge in [0.15, 0.2) is 0 Å². The summed E-state index contributed by atoms with van der Waals surface area (Å²) >= 11 is 1.61. The Balaban J connectivity index is 1.70. The molecule has 8 heteroatoms. The molecule has 0 aromatic heterocycles. The van der Waals surface area contributed by atoms with E-state index in [1.807, 2.05) is 30.5 Å². The predicted molar refractivity (Wildman–Crippen MR) is 115 cm³/mol. The summed E-state index contributed by atoms with van der Waals surface area (Å²) in [7, 11) is -3.86. The number of benzene rings is 3. The molecule has 3 aromatic carbocycles. The van der Waals surface area contributed by atoms with Gasteiger partial charge in [0, 0.05) is 21.8 Å².